The maximum absolute atomic E-state index is 11.6. The molecule has 0 heterocycles. The minimum atomic E-state index is -0.478. The van der Waals surface area contributed by atoms with Crippen LogP contribution in [0.2, 0.25) is 0 Å². The Hall–Kier alpha value is -1.79. The monoisotopic (exact) mass is 300 g/mol. The van der Waals surface area contributed by atoms with E-state index in [-0.39, 0.29) is 24.8 Å². The van der Waals surface area contributed by atoms with Gasteiger partial charge in [0.15, 0.2) is 5.96 Å². The third kappa shape index (κ3) is 10.6. The fraction of sp³-hybridized carbons (Fsp3) is 0.786. The van der Waals surface area contributed by atoms with Crippen molar-refractivity contribution < 1.29 is 14.3 Å². The molecule has 2 N–H and O–H groups in total. The van der Waals surface area contributed by atoms with Crippen molar-refractivity contribution >= 4 is 17.8 Å². The largest absolute Gasteiger partial charge is 0.460 e. The van der Waals surface area contributed by atoms with Crippen LogP contribution in [-0.4, -0.2) is 62.1 Å². The Labute approximate surface area is 127 Å². The van der Waals surface area contributed by atoms with Gasteiger partial charge < -0.3 is 20.3 Å². The topological polar surface area (TPSA) is 83.0 Å². The van der Waals surface area contributed by atoms with Crippen LogP contribution in [0.25, 0.3) is 0 Å². The number of ether oxygens (including phenoxy) is 1. The fourth-order valence-corrected chi connectivity index (χ4v) is 1.31. The van der Waals surface area contributed by atoms with Crippen LogP contribution < -0.4 is 10.6 Å². The number of likely N-dealkylation sites (N-methyl/N-ethyl adjacent to an activating group) is 1. The predicted octanol–water partition coefficient (Wildman–Crippen LogP) is 0.362. The second kappa shape index (κ2) is 9.20. The number of rotatable bonds is 6. The molecule has 0 saturated heterocycles. The van der Waals surface area contributed by atoms with Crippen molar-refractivity contribution in [3.05, 3.63) is 0 Å². The minimum absolute atomic E-state index is 0.0643. The number of carbonyl (C=O) groups is 2. The van der Waals surface area contributed by atoms with E-state index in [1.807, 2.05) is 27.7 Å². The molecule has 122 valence electrons. The summed E-state index contributed by atoms with van der Waals surface area (Å²) >= 11 is 0. The lowest BCUT2D eigenvalue weighted by atomic mass is 10.2. The number of guanidine groups is 1. The lowest BCUT2D eigenvalue weighted by Crippen LogP contribution is -2.39. The highest BCUT2D eigenvalue weighted by Crippen LogP contribution is 2.07. The Morgan fingerprint density at radius 2 is 1.81 bits per heavy atom. The molecule has 0 bridgehead atoms. The van der Waals surface area contributed by atoms with Gasteiger partial charge in [-0.25, -0.2) is 4.99 Å². The van der Waals surface area contributed by atoms with E-state index in [2.05, 4.69) is 15.6 Å². The van der Waals surface area contributed by atoms with Crippen molar-refractivity contribution in [1.82, 2.24) is 15.5 Å². The molecule has 0 saturated carbocycles. The minimum Gasteiger partial charge on any atom is -0.460 e. The second-order valence-electron chi connectivity index (χ2n) is 5.75. The van der Waals surface area contributed by atoms with Gasteiger partial charge in [-0.2, -0.15) is 0 Å². The van der Waals surface area contributed by atoms with Crippen LogP contribution in [0.1, 0.15) is 34.1 Å². The van der Waals surface area contributed by atoms with E-state index in [4.69, 9.17) is 4.74 Å². The summed E-state index contributed by atoms with van der Waals surface area (Å²) in [6.45, 7) is 8.56. The van der Waals surface area contributed by atoms with Crippen LogP contribution in [0, 0.1) is 0 Å². The molecule has 0 aromatic heterocycles. The molecule has 0 spiro atoms. The molecule has 0 aliphatic rings. The van der Waals surface area contributed by atoms with Gasteiger partial charge in [0.1, 0.15) is 12.1 Å². The zero-order valence-corrected chi connectivity index (χ0v) is 13.9. The summed E-state index contributed by atoms with van der Waals surface area (Å²) in [5, 5.41) is 6.01. The highest BCUT2D eigenvalue weighted by atomic mass is 16.6. The molecular weight excluding hydrogens is 272 g/mol. The number of nitrogens with zero attached hydrogens (tertiary/aromatic N) is 2. The quantitative estimate of drug-likeness (QED) is 0.420. The van der Waals surface area contributed by atoms with E-state index < -0.39 is 5.60 Å². The summed E-state index contributed by atoms with van der Waals surface area (Å²) in [6, 6.07) is 0. The molecule has 0 unspecified atom stereocenters. The van der Waals surface area contributed by atoms with E-state index in [0.717, 1.165) is 0 Å². The Morgan fingerprint density at radius 3 is 2.29 bits per heavy atom. The van der Waals surface area contributed by atoms with Crippen LogP contribution in [0.4, 0.5) is 0 Å². The number of hydrogen-bond donors (Lipinski definition) is 2. The Kier molecular flexibility index (Phi) is 8.42. The molecule has 7 nitrogen and oxygen atoms in total. The highest BCUT2D eigenvalue weighted by molar-refractivity contribution is 5.85. The molecule has 0 rings (SSSR count). The summed E-state index contributed by atoms with van der Waals surface area (Å²) in [5.41, 5.74) is -0.478. The van der Waals surface area contributed by atoms with Crippen LogP contribution in [-0.2, 0) is 14.3 Å². The van der Waals surface area contributed by atoms with Gasteiger partial charge in [-0.1, -0.05) is 0 Å². The smallest absolute Gasteiger partial charge is 0.308 e. The van der Waals surface area contributed by atoms with Crippen molar-refractivity contribution in [2.24, 2.45) is 4.99 Å². The molecule has 1 amide bonds. The molecule has 7 heteroatoms. The summed E-state index contributed by atoms with van der Waals surface area (Å²) in [5.74, 6) is 0.158. The fourth-order valence-electron chi connectivity index (χ4n) is 1.31. The first-order chi connectivity index (χ1) is 9.65. The average molecular weight is 300 g/mol. The third-order valence-corrected chi connectivity index (χ3v) is 2.26. The Morgan fingerprint density at radius 1 is 1.19 bits per heavy atom. The molecule has 0 radical (unpaired) electrons. The van der Waals surface area contributed by atoms with Gasteiger partial charge in [0.25, 0.3) is 0 Å². The lowest BCUT2D eigenvalue weighted by Gasteiger charge is -2.19. The van der Waals surface area contributed by atoms with Gasteiger partial charge in [0.2, 0.25) is 5.91 Å². The van der Waals surface area contributed by atoms with E-state index in [9.17, 15) is 9.59 Å². The molecule has 0 aromatic carbocycles. The molecule has 0 fully saturated rings. The maximum atomic E-state index is 11.6. The standard InChI is InChI=1S/C14H28N4O3/c1-7-15-13(17-10-11(19)18(5)6)16-9-8-12(20)21-14(2,3)4/h7-10H2,1-6H3,(H2,15,16,17). The van der Waals surface area contributed by atoms with Crippen molar-refractivity contribution in [2.75, 3.05) is 33.7 Å². The van der Waals surface area contributed by atoms with Crippen molar-refractivity contribution in [3.8, 4) is 0 Å². The van der Waals surface area contributed by atoms with Gasteiger partial charge >= 0.3 is 5.97 Å². The number of nitrogens with one attached hydrogen (secondary N) is 2. The van der Waals surface area contributed by atoms with Crippen molar-refractivity contribution in [1.29, 1.82) is 0 Å². The predicted molar refractivity (Wildman–Crippen MR) is 83.1 cm³/mol. The number of aliphatic imine (C=N–C) groups is 1. The Bertz CT molecular complexity index is 373. The van der Waals surface area contributed by atoms with Crippen LogP contribution >= 0.6 is 0 Å². The summed E-state index contributed by atoms with van der Waals surface area (Å²) in [4.78, 5) is 28.7. The number of amides is 1. The third-order valence-electron chi connectivity index (χ3n) is 2.26. The normalized spacial score (nSPS) is 11.8. The van der Waals surface area contributed by atoms with Gasteiger partial charge in [-0.05, 0) is 27.7 Å². The number of esters is 1. The first-order valence-corrected chi connectivity index (χ1v) is 7.10. The summed E-state index contributed by atoms with van der Waals surface area (Å²) in [7, 11) is 3.36. The maximum Gasteiger partial charge on any atom is 0.308 e. The van der Waals surface area contributed by atoms with Gasteiger partial charge in [0.05, 0.1) is 6.42 Å². The van der Waals surface area contributed by atoms with Crippen molar-refractivity contribution in [3.63, 3.8) is 0 Å². The molecule has 0 aliphatic heterocycles. The first kappa shape index (κ1) is 19.2. The molecule has 0 aromatic rings. The average Bonchev–Trinajstić information content (AvgIpc) is 2.33. The number of carbonyl (C=O) groups excluding carboxylic acids is 2. The van der Waals surface area contributed by atoms with Crippen LogP contribution in [0.5, 0.6) is 0 Å². The van der Waals surface area contributed by atoms with Gasteiger partial charge in [0, 0.05) is 27.2 Å². The molecular formula is C14H28N4O3. The van der Waals surface area contributed by atoms with E-state index in [1.165, 1.54) is 4.90 Å². The summed E-state index contributed by atoms with van der Waals surface area (Å²) < 4.78 is 5.21. The zero-order valence-electron chi connectivity index (χ0n) is 13.9. The van der Waals surface area contributed by atoms with Crippen molar-refractivity contribution in [2.45, 2.75) is 39.7 Å². The number of hydrogen-bond acceptors (Lipinski definition) is 4. The Balaban J connectivity index is 4.24. The first-order valence-electron chi connectivity index (χ1n) is 7.10. The van der Waals surface area contributed by atoms with Gasteiger partial charge in [-0.3, -0.25) is 9.59 Å². The molecule has 21 heavy (non-hydrogen) atoms. The highest BCUT2D eigenvalue weighted by Gasteiger charge is 2.15. The van der Waals surface area contributed by atoms with E-state index in [1.54, 1.807) is 14.1 Å². The SMILES string of the molecule is CCNC(=NCC(=O)N(C)C)NCCC(=O)OC(C)(C)C. The van der Waals surface area contributed by atoms with Crippen LogP contribution in [0.3, 0.4) is 0 Å². The second-order valence-corrected chi connectivity index (χ2v) is 5.75. The van der Waals surface area contributed by atoms with Crippen LogP contribution in [0.15, 0.2) is 4.99 Å². The van der Waals surface area contributed by atoms with E-state index in [0.29, 0.717) is 19.0 Å². The molecule has 0 aliphatic carbocycles. The molecule has 0 atom stereocenters. The summed E-state index contributed by atoms with van der Waals surface area (Å²) in [6.07, 6.45) is 0.239. The van der Waals surface area contributed by atoms with Gasteiger partial charge in [-0.15, -0.1) is 0 Å². The van der Waals surface area contributed by atoms with E-state index >= 15 is 0 Å². The lowest BCUT2D eigenvalue weighted by molar-refractivity contribution is -0.154. The zero-order chi connectivity index (χ0) is 16.5.